The summed E-state index contributed by atoms with van der Waals surface area (Å²) in [4.78, 5) is 0. The highest BCUT2D eigenvalue weighted by molar-refractivity contribution is 7.88. The van der Waals surface area contributed by atoms with E-state index in [0.29, 0.717) is 37.6 Å². The third-order valence-electron chi connectivity index (χ3n) is 2.47. The molecule has 0 aliphatic rings. The molecule has 1 rings (SSSR count). The van der Waals surface area contributed by atoms with Crippen molar-refractivity contribution in [3.05, 3.63) is 29.8 Å². The van der Waals surface area contributed by atoms with Crippen LogP contribution in [0.4, 0.5) is 0 Å². The first kappa shape index (κ1) is 17.2. The van der Waals surface area contributed by atoms with Gasteiger partial charge in [-0.15, -0.1) is 0 Å². The first-order valence-electron chi connectivity index (χ1n) is 6.28. The predicted molar refractivity (Wildman–Crippen MR) is 80.2 cm³/mol. The Balaban J connectivity index is 2.18. The minimum absolute atomic E-state index is 0.0431. The maximum Gasteiger partial charge on any atom is 0.208 e. The predicted octanol–water partition coefficient (Wildman–Crippen LogP) is -0.701. The van der Waals surface area contributed by atoms with Gasteiger partial charge in [0.2, 0.25) is 10.0 Å². The topological polar surface area (TPSA) is 126 Å². The van der Waals surface area contributed by atoms with Crippen LogP contribution in [0.3, 0.4) is 0 Å². The van der Waals surface area contributed by atoms with Gasteiger partial charge in [-0.25, -0.2) is 13.1 Å². The highest BCUT2D eigenvalue weighted by Gasteiger charge is 2.00. The number of amidine groups is 1. The molecule has 1 aromatic carbocycles. The molecule has 0 bridgehead atoms. The maximum absolute atomic E-state index is 10.8. The number of benzene rings is 1. The lowest BCUT2D eigenvalue weighted by Crippen LogP contribution is -2.32. The molecule has 0 aliphatic heterocycles. The van der Waals surface area contributed by atoms with Crippen molar-refractivity contribution in [2.75, 3.05) is 32.5 Å². The molecule has 0 unspecified atom stereocenters. The van der Waals surface area contributed by atoms with Gasteiger partial charge in [0.25, 0.3) is 0 Å². The second-order valence-corrected chi connectivity index (χ2v) is 6.11. The summed E-state index contributed by atoms with van der Waals surface area (Å²) in [5.74, 6) is 0.710. The van der Waals surface area contributed by atoms with Gasteiger partial charge in [-0.05, 0) is 24.3 Å². The average molecular weight is 316 g/mol. The van der Waals surface area contributed by atoms with Crippen LogP contribution in [0, 0.1) is 0 Å². The first-order valence-corrected chi connectivity index (χ1v) is 8.17. The molecule has 0 radical (unpaired) electrons. The molecule has 0 aromatic heterocycles. The second-order valence-electron chi connectivity index (χ2n) is 4.27. The van der Waals surface area contributed by atoms with Gasteiger partial charge < -0.3 is 21.0 Å². The van der Waals surface area contributed by atoms with E-state index in [1.54, 1.807) is 24.3 Å². The van der Waals surface area contributed by atoms with E-state index in [-0.39, 0.29) is 5.84 Å². The molecule has 0 atom stereocenters. The summed E-state index contributed by atoms with van der Waals surface area (Å²) >= 11 is 0. The van der Waals surface area contributed by atoms with Gasteiger partial charge in [0, 0.05) is 25.2 Å². The van der Waals surface area contributed by atoms with E-state index >= 15 is 0 Å². The average Bonchev–Trinajstić information content (AvgIpc) is 2.45. The molecule has 0 spiro atoms. The maximum atomic E-state index is 10.8. The van der Waals surface area contributed by atoms with Crippen molar-refractivity contribution >= 4 is 15.9 Å². The van der Waals surface area contributed by atoms with Gasteiger partial charge in [0.1, 0.15) is 12.4 Å². The van der Waals surface area contributed by atoms with E-state index in [9.17, 15) is 8.42 Å². The van der Waals surface area contributed by atoms with E-state index in [4.69, 9.17) is 15.7 Å². The van der Waals surface area contributed by atoms with Crippen molar-refractivity contribution in [3.8, 4) is 5.75 Å². The lowest BCUT2D eigenvalue weighted by molar-refractivity contribution is 0.314. The van der Waals surface area contributed by atoms with Crippen LogP contribution in [-0.4, -0.2) is 52.0 Å². The van der Waals surface area contributed by atoms with Gasteiger partial charge in [0.15, 0.2) is 5.84 Å². The van der Waals surface area contributed by atoms with Gasteiger partial charge in [0.05, 0.1) is 6.26 Å². The Morgan fingerprint density at radius 3 is 2.52 bits per heavy atom. The van der Waals surface area contributed by atoms with Gasteiger partial charge >= 0.3 is 0 Å². The van der Waals surface area contributed by atoms with Crippen LogP contribution >= 0.6 is 0 Å². The summed E-state index contributed by atoms with van der Waals surface area (Å²) < 4.78 is 29.5. The number of nitrogens with two attached hydrogens (primary N) is 1. The van der Waals surface area contributed by atoms with Crippen molar-refractivity contribution < 1.29 is 18.4 Å². The largest absolute Gasteiger partial charge is 0.492 e. The molecule has 0 fully saturated rings. The lowest BCUT2D eigenvalue weighted by Gasteiger charge is -2.08. The highest BCUT2D eigenvalue weighted by atomic mass is 32.2. The fourth-order valence-electron chi connectivity index (χ4n) is 1.47. The zero-order valence-corrected chi connectivity index (χ0v) is 12.6. The number of nitrogens with one attached hydrogen (secondary N) is 2. The molecule has 8 nitrogen and oxygen atoms in total. The summed E-state index contributed by atoms with van der Waals surface area (Å²) in [6.45, 7) is 1.90. The molecular weight excluding hydrogens is 296 g/mol. The van der Waals surface area contributed by atoms with Crippen LogP contribution < -0.4 is 20.5 Å². The minimum atomic E-state index is -3.13. The fraction of sp³-hybridized carbons (Fsp3) is 0.417. The van der Waals surface area contributed by atoms with Crippen LogP contribution in [0.1, 0.15) is 5.56 Å². The van der Waals surface area contributed by atoms with Gasteiger partial charge in [-0.1, -0.05) is 5.16 Å². The molecule has 5 N–H and O–H groups in total. The van der Waals surface area contributed by atoms with Crippen molar-refractivity contribution in [1.82, 2.24) is 10.0 Å². The summed E-state index contributed by atoms with van der Waals surface area (Å²) in [6.07, 6.45) is 1.12. The van der Waals surface area contributed by atoms with Gasteiger partial charge in [-0.3, -0.25) is 0 Å². The Morgan fingerprint density at radius 2 is 1.95 bits per heavy atom. The zero-order valence-electron chi connectivity index (χ0n) is 11.7. The highest BCUT2D eigenvalue weighted by Crippen LogP contribution is 2.11. The smallest absolute Gasteiger partial charge is 0.208 e. The van der Waals surface area contributed by atoms with E-state index in [2.05, 4.69) is 15.2 Å². The normalized spacial score (nSPS) is 12.3. The van der Waals surface area contributed by atoms with Crippen LogP contribution in [0.2, 0.25) is 0 Å². The molecule has 0 heterocycles. The zero-order chi connectivity index (χ0) is 15.7. The number of nitrogens with zero attached hydrogens (tertiary/aromatic N) is 1. The summed E-state index contributed by atoms with van der Waals surface area (Å²) in [5, 5.41) is 14.5. The molecule has 21 heavy (non-hydrogen) atoms. The molecule has 118 valence electrons. The third-order valence-corrected chi connectivity index (χ3v) is 3.20. The Kier molecular flexibility index (Phi) is 6.92. The van der Waals surface area contributed by atoms with E-state index < -0.39 is 10.0 Å². The summed E-state index contributed by atoms with van der Waals surface area (Å²) in [5.41, 5.74) is 6.05. The number of hydrogen-bond donors (Lipinski definition) is 4. The quantitative estimate of drug-likeness (QED) is 0.157. The van der Waals surface area contributed by atoms with Crippen LogP contribution in [0.15, 0.2) is 29.4 Å². The monoisotopic (exact) mass is 316 g/mol. The molecule has 1 aromatic rings. The van der Waals surface area contributed by atoms with Gasteiger partial charge in [-0.2, -0.15) is 0 Å². The number of oxime groups is 1. The number of sulfonamides is 1. The molecule has 9 heteroatoms. The van der Waals surface area contributed by atoms with Crippen LogP contribution in [0.25, 0.3) is 0 Å². The van der Waals surface area contributed by atoms with Crippen molar-refractivity contribution in [1.29, 1.82) is 0 Å². The number of ether oxygens (including phenoxy) is 1. The van der Waals surface area contributed by atoms with E-state index in [0.717, 1.165) is 6.26 Å². The van der Waals surface area contributed by atoms with Crippen molar-refractivity contribution in [3.63, 3.8) is 0 Å². The molecular formula is C12H20N4O4S. The Morgan fingerprint density at radius 1 is 1.29 bits per heavy atom. The van der Waals surface area contributed by atoms with Crippen molar-refractivity contribution in [2.24, 2.45) is 10.9 Å². The Bertz CT molecular complexity index is 557. The van der Waals surface area contributed by atoms with E-state index in [1.165, 1.54) is 0 Å². The second kappa shape index (κ2) is 8.45. The van der Waals surface area contributed by atoms with E-state index in [1.807, 2.05) is 0 Å². The summed E-state index contributed by atoms with van der Waals surface area (Å²) in [6, 6.07) is 6.82. The lowest BCUT2D eigenvalue weighted by atomic mass is 10.2. The molecule has 0 amide bonds. The summed E-state index contributed by atoms with van der Waals surface area (Å²) in [7, 11) is -3.13. The van der Waals surface area contributed by atoms with Crippen molar-refractivity contribution in [2.45, 2.75) is 0 Å². The minimum Gasteiger partial charge on any atom is -0.492 e. The van der Waals surface area contributed by atoms with Crippen LogP contribution in [0.5, 0.6) is 5.75 Å². The van der Waals surface area contributed by atoms with Crippen LogP contribution in [-0.2, 0) is 10.0 Å². The standard InChI is InChI=1S/C12H20N4O4S/c1-21(18,19)15-7-6-14-8-9-20-11-4-2-10(3-5-11)12(13)16-17/h2-5,14-15,17H,6-9H2,1H3,(H2,13,16). The fourth-order valence-corrected chi connectivity index (χ4v) is 1.94. The first-order chi connectivity index (χ1) is 9.92. The third kappa shape index (κ3) is 7.49. The SMILES string of the molecule is CS(=O)(=O)NCCNCCOc1ccc(C(N)=NO)cc1. The number of hydrogen-bond acceptors (Lipinski definition) is 6. The number of rotatable bonds is 9. The molecule has 0 saturated carbocycles. The molecule has 0 saturated heterocycles. The Hall–Kier alpha value is -1.84. The Labute approximate surface area is 124 Å². The molecule has 0 aliphatic carbocycles.